The fourth-order valence-corrected chi connectivity index (χ4v) is 3.45. The molecule has 1 aliphatic carbocycles. The topological polar surface area (TPSA) is 71.5 Å². The molecule has 0 saturated heterocycles. The molecule has 0 unspecified atom stereocenters. The van der Waals surface area contributed by atoms with Crippen LogP contribution >= 0.6 is 11.6 Å². The summed E-state index contributed by atoms with van der Waals surface area (Å²) in [6.07, 6.45) is -4.55. The number of amides is 1. The Labute approximate surface area is 166 Å². The van der Waals surface area contributed by atoms with E-state index in [1.54, 1.807) is 0 Å². The van der Waals surface area contributed by atoms with Gasteiger partial charge >= 0.3 is 12.8 Å². The molecule has 1 aromatic heterocycles. The maximum atomic E-state index is 12.9. The number of ether oxygens (including phenoxy) is 1. The highest BCUT2D eigenvalue weighted by Gasteiger charge is 2.54. The van der Waals surface area contributed by atoms with Crippen LogP contribution in [0, 0.1) is 0 Å². The average molecular weight is 439 g/mol. The number of hydrogen-bond acceptors (Lipinski definition) is 4. The van der Waals surface area contributed by atoms with E-state index in [-0.39, 0.29) is 34.7 Å². The highest BCUT2D eigenvalue weighted by Crippen LogP contribution is 2.41. The average Bonchev–Trinajstić information content (AvgIpc) is 2.62. The molecule has 0 bridgehead atoms. The number of nitrogens with zero attached hydrogens (tertiary/aromatic N) is 1. The molecule has 0 radical (unpaired) electrons. The molecule has 1 aliphatic rings. The maximum Gasteiger partial charge on any atom is 0.417 e. The molecule has 2 aromatic rings. The normalized spacial score (nSPS) is 22.7. The molecule has 1 heterocycles. The molecule has 0 aliphatic heterocycles. The number of rotatable bonds is 4. The second-order valence-electron chi connectivity index (χ2n) is 6.85. The van der Waals surface area contributed by atoms with Gasteiger partial charge < -0.3 is 15.2 Å². The van der Waals surface area contributed by atoms with Crippen molar-refractivity contribution in [1.29, 1.82) is 0 Å². The van der Waals surface area contributed by atoms with Crippen molar-refractivity contribution in [3.8, 4) is 5.75 Å². The monoisotopic (exact) mass is 438 g/mol. The van der Waals surface area contributed by atoms with Crippen LogP contribution in [0.5, 0.6) is 5.75 Å². The van der Waals surface area contributed by atoms with Gasteiger partial charge in [-0.15, -0.1) is 0 Å². The van der Waals surface area contributed by atoms with Gasteiger partial charge in [-0.2, -0.15) is 22.0 Å². The van der Waals surface area contributed by atoms with Gasteiger partial charge in [-0.25, -0.2) is 0 Å². The third-order valence-corrected chi connectivity index (χ3v) is 5.18. The van der Waals surface area contributed by atoms with E-state index in [4.69, 9.17) is 11.6 Å². The van der Waals surface area contributed by atoms with Crippen LogP contribution < -0.4 is 10.1 Å². The van der Waals surface area contributed by atoms with Crippen molar-refractivity contribution in [2.24, 2.45) is 0 Å². The Bertz CT molecular complexity index is 914. The number of fused-ring (bicyclic) bond motifs is 1. The molecule has 158 valence electrons. The maximum absolute atomic E-state index is 12.9. The first kappa shape index (κ1) is 21.5. The molecule has 0 atom stereocenters. The van der Waals surface area contributed by atoms with Crippen molar-refractivity contribution in [3.63, 3.8) is 0 Å². The van der Waals surface area contributed by atoms with Crippen molar-refractivity contribution < 1.29 is 36.6 Å². The summed E-state index contributed by atoms with van der Waals surface area (Å²) in [5.74, 6) is -0.802. The Hall–Kier alpha value is -2.20. The van der Waals surface area contributed by atoms with Gasteiger partial charge in [-0.05, 0) is 37.8 Å². The molecular formula is C18H16ClF5N2O3. The van der Waals surface area contributed by atoms with E-state index < -0.39 is 43.2 Å². The van der Waals surface area contributed by atoms with E-state index in [2.05, 4.69) is 15.0 Å². The summed E-state index contributed by atoms with van der Waals surface area (Å²) in [7, 11) is 0. The number of pyridine rings is 1. The highest BCUT2D eigenvalue weighted by atomic mass is 35.5. The summed E-state index contributed by atoms with van der Waals surface area (Å²) >= 11 is 5.90. The Morgan fingerprint density at radius 2 is 1.93 bits per heavy atom. The number of hydrogen-bond donors (Lipinski definition) is 2. The molecule has 2 N–H and O–H groups in total. The van der Waals surface area contributed by atoms with E-state index in [0.717, 1.165) is 0 Å². The van der Waals surface area contributed by atoms with Crippen LogP contribution in [0.1, 0.15) is 36.0 Å². The first-order valence-corrected chi connectivity index (χ1v) is 9.00. The third kappa shape index (κ3) is 4.69. The lowest BCUT2D eigenvalue weighted by Crippen LogP contribution is -2.51. The zero-order valence-electron chi connectivity index (χ0n) is 14.8. The molecule has 1 amide bonds. The number of carbonyl (C=O) groups excluding carboxylic acids is 1. The van der Waals surface area contributed by atoms with Crippen molar-refractivity contribution in [3.05, 3.63) is 35.0 Å². The summed E-state index contributed by atoms with van der Waals surface area (Å²) in [5.41, 5.74) is -2.32. The molecule has 5 nitrogen and oxygen atoms in total. The lowest BCUT2D eigenvalue weighted by Gasteiger charge is -2.37. The lowest BCUT2D eigenvalue weighted by molar-refractivity contribution is -0.270. The Morgan fingerprint density at radius 3 is 2.52 bits per heavy atom. The standard InChI is InChI=1S/C18H16ClF5N2O3/c19-12-6-9-5-10(8-25-13(9)7-14(12)29-16(20)21)15(27)26-11-1-3-17(28,4-2-11)18(22,23)24/h5-8,11,16,28H,1-4H2,(H,26,27)/t11-,17+. The summed E-state index contributed by atoms with van der Waals surface area (Å²) in [5, 5.41) is 12.6. The summed E-state index contributed by atoms with van der Waals surface area (Å²) in [4.78, 5) is 16.4. The van der Waals surface area contributed by atoms with Crippen molar-refractivity contribution in [1.82, 2.24) is 10.3 Å². The minimum Gasteiger partial charge on any atom is -0.433 e. The van der Waals surface area contributed by atoms with Crippen LogP contribution in [0.2, 0.25) is 5.02 Å². The molecule has 0 spiro atoms. The molecular weight excluding hydrogens is 423 g/mol. The Morgan fingerprint density at radius 1 is 1.28 bits per heavy atom. The zero-order valence-corrected chi connectivity index (χ0v) is 15.5. The predicted molar refractivity (Wildman–Crippen MR) is 94.1 cm³/mol. The third-order valence-electron chi connectivity index (χ3n) is 4.89. The van der Waals surface area contributed by atoms with E-state index in [9.17, 15) is 31.9 Å². The largest absolute Gasteiger partial charge is 0.433 e. The molecule has 1 fully saturated rings. The van der Waals surface area contributed by atoms with Gasteiger partial charge in [0.1, 0.15) is 5.75 Å². The number of carbonyl (C=O) groups is 1. The lowest BCUT2D eigenvalue weighted by atomic mass is 9.81. The number of aromatic nitrogens is 1. The predicted octanol–water partition coefficient (Wildman–Crippen LogP) is 4.46. The molecule has 1 aromatic carbocycles. The number of alkyl halides is 5. The van der Waals surface area contributed by atoms with E-state index in [0.29, 0.717) is 5.39 Å². The van der Waals surface area contributed by atoms with Gasteiger partial charge in [-0.1, -0.05) is 11.6 Å². The molecule has 1 saturated carbocycles. The number of nitrogens with one attached hydrogen (secondary N) is 1. The Balaban J connectivity index is 1.70. The number of halogens is 6. The minimum atomic E-state index is -4.71. The van der Waals surface area contributed by atoms with Crippen LogP contribution in [-0.4, -0.2) is 40.4 Å². The van der Waals surface area contributed by atoms with E-state index in [1.807, 2.05) is 0 Å². The van der Waals surface area contributed by atoms with Crippen molar-refractivity contribution >= 4 is 28.4 Å². The van der Waals surface area contributed by atoms with Crippen LogP contribution in [-0.2, 0) is 0 Å². The van der Waals surface area contributed by atoms with E-state index >= 15 is 0 Å². The first-order valence-electron chi connectivity index (χ1n) is 8.62. The second-order valence-corrected chi connectivity index (χ2v) is 7.26. The van der Waals surface area contributed by atoms with Crippen molar-refractivity contribution in [2.45, 2.75) is 50.1 Å². The number of benzene rings is 1. The zero-order chi connectivity index (χ0) is 21.4. The van der Waals surface area contributed by atoms with Crippen LogP contribution in [0.4, 0.5) is 22.0 Å². The van der Waals surface area contributed by atoms with Crippen LogP contribution in [0.25, 0.3) is 10.9 Å². The summed E-state index contributed by atoms with van der Waals surface area (Å²) in [6.45, 7) is -3.06. The molecule has 3 rings (SSSR count). The van der Waals surface area contributed by atoms with Gasteiger partial charge in [0.2, 0.25) is 0 Å². The van der Waals surface area contributed by atoms with Crippen LogP contribution in [0.15, 0.2) is 24.4 Å². The second kappa shape index (κ2) is 7.91. The fraction of sp³-hybridized carbons (Fsp3) is 0.444. The SMILES string of the molecule is O=C(N[C@H]1CC[C@](O)(C(F)(F)F)CC1)c1cnc2cc(OC(F)F)c(Cl)cc2c1. The van der Waals surface area contributed by atoms with Gasteiger partial charge in [0, 0.05) is 23.7 Å². The minimum absolute atomic E-state index is 0.0249. The van der Waals surface area contributed by atoms with Crippen LogP contribution in [0.3, 0.4) is 0 Å². The fourth-order valence-electron chi connectivity index (χ4n) is 3.23. The van der Waals surface area contributed by atoms with Gasteiger partial charge in [0.15, 0.2) is 5.60 Å². The van der Waals surface area contributed by atoms with Gasteiger partial charge in [0.05, 0.1) is 16.1 Å². The summed E-state index contributed by atoms with van der Waals surface area (Å²) in [6, 6.07) is 3.45. The molecule has 29 heavy (non-hydrogen) atoms. The molecule has 11 heteroatoms. The van der Waals surface area contributed by atoms with E-state index in [1.165, 1.54) is 24.4 Å². The Kier molecular flexibility index (Phi) is 5.86. The quantitative estimate of drug-likeness (QED) is 0.692. The smallest absolute Gasteiger partial charge is 0.417 e. The van der Waals surface area contributed by atoms with Gasteiger partial charge in [-0.3, -0.25) is 9.78 Å². The highest BCUT2D eigenvalue weighted by molar-refractivity contribution is 6.32. The van der Waals surface area contributed by atoms with Gasteiger partial charge in [0.25, 0.3) is 5.91 Å². The number of aliphatic hydroxyl groups is 1. The first-order chi connectivity index (χ1) is 13.5. The summed E-state index contributed by atoms with van der Waals surface area (Å²) < 4.78 is 67.6. The van der Waals surface area contributed by atoms with Crippen molar-refractivity contribution in [2.75, 3.05) is 0 Å².